The first-order valence-corrected chi connectivity index (χ1v) is 11.8. The number of nitrogens with one attached hydrogen (secondary N) is 1. The Morgan fingerprint density at radius 1 is 1.03 bits per heavy atom. The lowest BCUT2D eigenvalue weighted by atomic mass is 9.94. The summed E-state index contributed by atoms with van der Waals surface area (Å²) in [5, 5.41) is 5.28. The lowest BCUT2D eigenvalue weighted by molar-refractivity contribution is 0.459. The Kier molecular flexibility index (Phi) is 6.53. The maximum Gasteiger partial charge on any atom is 0.167 e. The lowest BCUT2D eigenvalue weighted by Gasteiger charge is -2.24. The van der Waals surface area contributed by atoms with Crippen LogP contribution in [0.5, 0.6) is 0 Å². The summed E-state index contributed by atoms with van der Waals surface area (Å²) in [7, 11) is 0. The average Bonchev–Trinajstić information content (AvgIpc) is 3.17. The number of hydrogen-bond donors (Lipinski definition) is 1. The molecule has 2 aromatic carbocycles. The van der Waals surface area contributed by atoms with Gasteiger partial charge in [-0.2, -0.15) is 0 Å². The van der Waals surface area contributed by atoms with E-state index in [1.165, 1.54) is 0 Å². The van der Waals surface area contributed by atoms with Gasteiger partial charge < -0.3 is 9.08 Å². The molecular formula is C23H22BrN3O2S. The highest BCUT2D eigenvalue weighted by Gasteiger charge is 2.25. The molecule has 0 aliphatic rings. The molecule has 2 heterocycles. The van der Waals surface area contributed by atoms with E-state index in [0.29, 0.717) is 6.42 Å². The lowest BCUT2D eigenvalue weighted by Crippen LogP contribution is -2.35. The number of benzene rings is 2. The Hall–Kier alpha value is -2.19. The van der Waals surface area contributed by atoms with Crippen LogP contribution < -0.4 is 4.72 Å². The predicted molar refractivity (Wildman–Crippen MR) is 124 cm³/mol. The molecule has 154 valence electrons. The van der Waals surface area contributed by atoms with E-state index in [1.807, 2.05) is 80.6 Å². The molecule has 2 atom stereocenters. The van der Waals surface area contributed by atoms with Crippen molar-refractivity contribution in [2.75, 3.05) is 0 Å². The summed E-state index contributed by atoms with van der Waals surface area (Å²) in [4.78, 5) is 4.58. The maximum absolute atomic E-state index is 12.7. The number of rotatable bonds is 7. The number of aromatic nitrogens is 2. The molecule has 0 aliphatic carbocycles. The topological polar surface area (TPSA) is 74.0 Å². The van der Waals surface area contributed by atoms with Crippen molar-refractivity contribution in [2.24, 2.45) is 0 Å². The molecule has 4 aromatic rings. The molecule has 0 saturated carbocycles. The fraction of sp³-hybridized carbons (Fsp3) is 0.217. The van der Waals surface area contributed by atoms with Gasteiger partial charge >= 0.3 is 0 Å². The summed E-state index contributed by atoms with van der Waals surface area (Å²) in [5.41, 5.74) is 4.39. The average molecular weight is 484 g/mol. The number of halogens is 1. The first-order valence-electron chi connectivity index (χ1n) is 9.75. The smallest absolute Gasteiger partial charge is 0.167 e. The van der Waals surface area contributed by atoms with Gasteiger partial charge in [-0.3, -0.25) is 0 Å². The second-order valence-electron chi connectivity index (χ2n) is 7.29. The number of fused-ring (bicyclic) bond motifs is 1. The highest BCUT2D eigenvalue weighted by atomic mass is 79.9. The Labute approximate surface area is 187 Å². The zero-order valence-electron chi connectivity index (χ0n) is 16.7. The van der Waals surface area contributed by atoms with Crippen LogP contribution in [0.4, 0.5) is 0 Å². The molecule has 2 aromatic heterocycles. The summed E-state index contributed by atoms with van der Waals surface area (Å²) in [6.45, 7) is 3.88. The van der Waals surface area contributed by atoms with Gasteiger partial charge in [-0.25, -0.2) is 4.98 Å². The Morgan fingerprint density at radius 3 is 2.60 bits per heavy atom. The van der Waals surface area contributed by atoms with Crippen molar-refractivity contribution < 1.29 is 9.08 Å². The molecule has 0 radical (unpaired) electrons. The van der Waals surface area contributed by atoms with Gasteiger partial charge in [0.15, 0.2) is 5.58 Å². The van der Waals surface area contributed by atoms with Gasteiger partial charge in [0.2, 0.25) is 0 Å². The Morgan fingerprint density at radius 2 is 1.80 bits per heavy atom. The van der Waals surface area contributed by atoms with Gasteiger partial charge in [-0.15, -0.1) is 4.72 Å². The van der Waals surface area contributed by atoms with Crippen LogP contribution in [0.15, 0.2) is 75.9 Å². The summed E-state index contributed by atoms with van der Waals surface area (Å²) in [6.07, 6.45) is 0.588. The van der Waals surface area contributed by atoms with E-state index in [0.717, 1.165) is 38.1 Å². The molecule has 0 amide bonds. The normalized spacial score (nSPS) is 13.6. The molecule has 0 bridgehead atoms. The van der Waals surface area contributed by atoms with Gasteiger partial charge in [0.1, 0.15) is 15.5 Å². The summed E-state index contributed by atoms with van der Waals surface area (Å²) >= 11 is 2.24. The van der Waals surface area contributed by atoms with E-state index in [1.54, 1.807) is 0 Å². The second kappa shape index (κ2) is 9.31. The molecule has 1 N–H and O–H groups in total. The Bertz CT molecular complexity index is 1150. The van der Waals surface area contributed by atoms with Gasteiger partial charge in [0.25, 0.3) is 0 Å². The van der Waals surface area contributed by atoms with E-state index in [-0.39, 0.29) is 11.3 Å². The van der Waals surface area contributed by atoms with Crippen LogP contribution in [-0.4, -0.2) is 19.9 Å². The molecule has 7 heteroatoms. The van der Waals surface area contributed by atoms with Crippen LogP contribution in [-0.2, 0) is 17.8 Å². The highest BCUT2D eigenvalue weighted by Crippen LogP contribution is 2.34. The third-order valence-electron chi connectivity index (χ3n) is 4.84. The van der Waals surface area contributed by atoms with Crippen molar-refractivity contribution >= 4 is 38.3 Å². The monoisotopic (exact) mass is 483 g/mol. The maximum atomic E-state index is 12.7. The van der Waals surface area contributed by atoms with Crippen LogP contribution in [0, 0.1) is 0 Å². The molecule has 0 aliphatic heterocycles. The van der Waals surface area contributed by atoms with Crippen LogP contribution in [0.1, 0.15) is 31.1 Å². The quantitative estimate of drug-likeness (QED) is 0.273. The zero-order chi connectivity index (χ0) is 21.1. The standard InChI is InChI=1S/C23H22BrN3O2S/c1-15(2)30(28)27-20(14-16-8-7-13-22(24)25-16)17-9-3-4-10-18(17)23-19-11-5-6-12-21(19)29-26-23/h3-13,15,20,27H,14H2,1-2H3/t20-,30?/m0/s1. The van der Waals surface area contributed by atoms with Crippen molar-refractivity contribution in [1.82, 2.24) is 14.9 Å². The molecule has 1 unspecified atom stereocenters. The largest absolute Gasteiger partial charge is 0.598 e. The minimum Gasteiger partial charge on any atom is -0.598 e. The van der Waals surface area contributed by atoms with E-state index >= 15 is 0 Å². The third kappa shape index (κ3) is 4.59. The van der Waals surface area contributed by atoms with Crippen molar-refractivity contribution in [2.45, 2.75) is 31.6 Å². The van der Waals surface area contributed by atoms with Crippen LogP contribution >= 0.6 is 15.9 Å². The highest BCUT2D eigenvalue weighted by molar-refractivity contribution is 9.10. The van der Waals surface area contributed by atoms with E-state index in [9.17, 15) is 4.55 Å². The van der Waals surface area contributed by atoms with Crippen LogP contribution in [0.3, 0.4) is 0 Å². The summed E-state index contributed by atoms with van der Waals surface area (Å²) in [6, 6.07) is 21.5. The first kappa shape index (κ1) is 21.1. The number of hydrogen-bond acceptors (Lipinski definition) is 5. The molecule has 0 spiro atoms. The zero-order valence-corrected chi connectivity index (χ0v) is 19.1. The summed E-state index contributed by atoms with van der Waals surface area (Å²) in [5.74, 6) is 0. The first-order chi connectivity index (χ1) is 14.5. The second-order valence-corrected chi connectivity index (χ2v) is 9.87. The van der Waals surface area contributed by atoms with Gasteiger partial charge in [-0.1, -0.05) is 47.6 Å². The van der Waals surface area contributed by atoms with Gasteiger partial charge in [-0.05, 0) is 59.6 Å². The van der Waals surface area contributed by atoms with E-state index in [2.05, 4.69) is 30.8 Å². The fourth-order valence-corrected chi connectivity index (χ4v) is 4.50. The van der Waals surface area contributed by atoms with Gasteiger partial charge in [0.05, 0.1) is 6.04 Å². The van der Waals surface area contributed by atoms with Crippen molar-refractivity contribution in [3.63, 3.8) is 0 Å². The number of para-hydroxylation sites is 1. The minimum atomic E-state index is -1.20. The van der Waals surface area contributed by atoms with Crippen LogP contribution in [0.25, 0.3) is 22.2 Å². The van der Waals surface area contributed by atoms with Crippen LogP contribution in [0.2, 0.25) is 0 Å². The number of pyridine rings is 1. The molecule has 0 fully saturated rings. The van der Waals surface area contributed by atoms with Gasteiger partial charge in [0, 0.05) is 34.4 Å². The molecule has 0 saturated heterocycles. The van der Waals surface area contributed by atoms with Crippen molar-refractivity contribution in [1.29, 1.82) is 0 Å². The van der Waals surface area contributed by atoms with E-state index in [4.69, 9.17) is 4.52 Å². The SMILES string of the molecule is CC(C)[S+]([O-])N[C@@H](Cc1cccc(Br)n1)c1ccccc1-c1noc2ccccc12. The van der Waals surface area contributed by atoms with Crippen molar-refractivity contribution in [3.05, 3.63) is 82.6 Å². The third-order valence-corrected chi connectivity index (χ3v) is 6.66. The number of nitrogens with zero attached hydrogens (tertiary/aromatic N) is 2. The minimum absolute atomic E-state index is 0.0111. The molecular weight excluding hydrogens is 462 g/mol. The molecule has 5 nitrogen and oxygen atoms in total. The van der Waals surface area contributed by atoms with E-state index < -0.39 is 11.4 Å². The molecule has 30 heavy (non-hydrogen) atoms. The fourth-order valence-electron chi connectivity index (χ4n) is 3.36. The van der Waals surface area contributed by atoms with Crippen molar-refractivity contribution in [3.8, 4) is 11.3 Å². The molecule has 4 rings (SSSR count). The predicted octanol–water partition coefficient (Wildman–Crippen LogP) is 5.60. The Balaban J connectivity index is 1.78. The summed E-state index contributed by atoms with van der Waals surface area (Å²) < 4.78 is 22.4.